The number of hydrogen-bond acceptors (Lipinski definition) is 5. The van der Waals surface area contributed by atoms with Crippen molar-refractivity contribution >= 4 is 34.8 Å². The van der Waals surface area contributed by atoms with Crippen LogP contribution in [0.1, 0.15) is 34.7 Å². The number of carbonyl (C=O) groups excluding carboxylic acids is 2. The van der Waals surface area contributed by atoms with Gasteiger partial charge in [-0.05, 0) is 53.7 Å². The topological polar surface area (TPSA) is 144 Å². The van der Waals surface area contributed by atoms with Crippen LogP contribution in [0.3, 0.4) is 0 Å². The van der Waals surface area contributed by atoms with Crippen LogP contribution in [-0.2, 0) is 27.2 Å². The molecule has 2 aromatic carbocycles. The number of carbonyl (C=O) groups is 3. The van der Waals surface area contributed by atoms with Gasteiger partial charge in [0.2, 0.25) is 5.91 Å². The van der Waals surface area contributed by atoms with Gasteiger partial charge in [0.1, 0.15) is 6.54 Å². The number of hydroxylamine groups is 1. The van der Waals surface area contributed by atoms with Crippen LogP contribution in [0, 0.1) is 0 Å². The SMILES string of the molecule is O=C(O)CNC(=O)C(Cc1c[nH]c2ccccc12)NC1CCc2cc(/C=C/C(=O)NO)ccc21. The Hall–Kier alpha value is -3.95. The molecule has 0 fully saturated rings. The fraction of sp³-hybridized carbons (Fsp3) is 0.240. The molecule has 1 aliphatic carbocycles. The number of amides is 2. The minimum absolute atomic E-state index is 0.0699. The Morgan fingerprint density at radius 2 is 2.00 bits per heavy atom. The number of carboxylic acid groups (broad SMARTS) is 1. The molecular formula is C25H26N4O5. The van der Waals surface area contributed by atoms with Crippen molar-refractivity contribution in [3.63, 3.8) is 0 Å². The van der Waals surface area contributed by atoms with Crippen LogP contribution >= 0.6 is 0 Å². The number of para-hydroxylation sites is 1. The van der Waals surface area contributed by atoms with E-state index in [2.05, 4.69) is 15.6 Å². The number of benzene rings is 2. The molecule has 1 heterocycles. The van der Waals surface area contributed by atoms with E-state index in [9.17, 15) is 14.4 Å². The van der Waals surface area contributed by atoms with Gasteiger partial charge in [-0.25, -0.2) is 5.48 Å². The fourth-order valence-corrected chi connectivity index (χ4v) is 4.40. The largest absolute Gasteiger partial charge is 0.480 e. The van der Waals surface area contributed by atoms with Crippen molar-refractivity contribution in [3.8, 4) is 0 Å². The summed E-state index contributed by atoms with van der Waals surface area (Å²) in [7, 11) is 0. The van der Waals surface area contributed by atoms with Crippen molar-refractivity contribution < 1.29 is 24.7 Å². The molecule has 6 N–H and O–H groups in total. The molecule has 3 aromatic rings. The minimum atomic E-state index is -1.10. The third-order valence-corrected chi connectivity index (χ3v) is 6.01. The molecule has 176 valence electrons. The van der Waals surface area contributed by atoms with Crippen molar-refractivity contribution in [1.82, 2.24) is 21.1 Å². The molecule has 0 radical (unpaired) electrons. The number of H-pyrrole nitrogens is 1. The highest BCUT2D eigenvalue weighted by Gasteiger charge is 2.29. The highest BCUT2D eigenvalue weighted by Crippen LogP contribution is 2.33. The van der Waals surface area contributed by atoms with Crippen LogP contribution in [0.2, 0.25) is 0 Å². The number of aliphatic carboxylic acids is 1. The number of aromatic amines is 1. The molecule has 0 spiro atoms. The zero-order chi connectivity index (χ0) is 24.1. The average Bonchev–Trinajstić information content (AvgIpc) is 3.44. The van der Waals surface area contributed by atoms with Gasteiger partial charge in [0.05, 0.1) is 6.04 Å². The van der Waals surface area contributed by atoms with Gasteiger partial charge >= 0.3 is 5.97 Å². The Morgan fingerprint density at radius 1 is 1.18 bits per heavy atom. The zero-order valence-electron chi connectivity index (χ0n) is 18.4. The first-order chi connectivity index (χ1) is 16.4. The Labute approximate surface area is 195 Å². The van der Waals surface area contributed by atoms with Gasteiger partial charge in [0, 0.05) is 29.2 Å². The van der Waals surface area contributed by atoms with Gasteiger partial charge in [-0.3, -0.25) is 24.9 Å². The first-order valence-corrected chi connectivity index (χ1v) is 11.0. The average molecular weight is 463 g/mol. The van der Waals surface area contributed by atoms with E-state index in [4.69, 9.17) is 10.3 Å². The molecule has 0 saturated heterocycles. The summed E-state index contributed by atoms with van der Waals surface area (Å²) in [6.45, 7) is -0.441. The maximum atomic E-state index is 12.9. The van der Waals surface area contributed by atoms with Gasteiger partial charge in [0.15, 0.2) is 0 Å². The number of fused-ring (bicyclic) bond motifs is 2. The molecular weight excluding hydrogens is 436 g/mol. The molecule has 0 bridgehead atoms. The van der Waals surface area contributed by atoms with Crippen molar-refractivity contribution in [2.75, 3.05) is 6.54 Å². The smallest absolute Gasteiger partial charge is 0.322 e. The molecule has 1 aliphatic rings. The molecule has 9 heteroatoms. The lowest BCUT2D eigenvalue weighted by Gasteiger charge is -2.23. The summed E-state index contributed by atoms with van der Waals surface area (Å²) in [4.78, 5) is 38.4. The second-order valence-electron chi connectivity index (χ2n) is 8.25. The maximum absolute atomic E-state index is 12.9. The van der Waals surface area contributed by atoms with E-state index in [0.717, 1.165) is 46.0 Å². The predicted octanol–water partition coefficient (Wildman–Crippen LogP) is 2.08. The number of aryl methyl sites for hydroxylation is 1. The third-order valence-electron chi connectivity index (χ3n) is 6.01. The summed E-state index contributed by atoms with van der Waals surface area (Å²) in [5.74, 6) is -2.07. The van der Waals surface area contributed by atoms with Gasteiger partial charge < -0.3 is 15.4 Å². The van der Waals surface area contributed by atoms with Crippen LogP contribution in [-0.4, -0.2) is 45.7 Å². The van der Waals surface area contributed by atoms with E-state index in [1.807, 2.05) is 48.7 Å². The van der Waals surface area contributed by atoms with E-state index >= 15 is 0 Å². The molecule has 2 atom stereocenters. The quantitative estimate of drug-likeness (QED) is 0.163. The molecule has 2 unspecified atom stereocenters. The summed E-state index contributed by atoms with van der Waals surface area (Å²) >= 11 is 0. The molecule has 4 rings (SSSR count). The van der Waals surface area contributed by atoms with Crippen molar-refractivity contribution in [2.45, 2.75) is 31.3 Å². The molecule has 2 amide bonds. The molecule has 9 nitrogen and oxygen atoms in total. The molecule has 1 aromatic heterocycles. The van der Waals surface area contributed by atoms with Crippen molar-refractivity contribution in [3.05, 3.63) is 77.0 Å². The molecule has 34 heavy (non-hydrogen) atoms. The minimum Gasteiger partial charge on any atom is -0.480 e. The lowest BCUT2D eigenvalue weighted by atomic mass is 10.0. The second kappa shape index (κ2) is 10.3. The maximum Gasteiger partial charge on any atom is 0.322 e. The number of aromatic nitrogens is 1. The Balaban J connectivity index is 1.54. The van der Waals surface area contributed by atoms with E-state index in [-0.39, 0.29) is 11.9 Å². The Bertz CT molecular complexity index is 1250. The number of rotatable bonds is 9. The number of nitrogens with one attached hydrogen (secondary N) is 4. The Kier molecular flexibility index (Phi) is 7.05. The standard InChI is InChI=1S/C25H26N4O5/c30-23(29-34)10-6-15-5-8-19-16(11-15)7-9-21(19)28-22(25(33)27-14-24(31)32)12-17-13-26-20-4-2-1-3-18(17)20/h1-6,8,10-11,13,21-22,26,28,34H,7,9,12,14H2,(H,27,33)(H,29,30)(H,31,32)/b10-6+. The highest BCUT2D eigenvalue weighted by atomic mass is 16.5. The lowest BCUT2D eigenvalue weighted by Crippen LogP contribution is -2.47. The van der Waals surface area contributed by atoms with E-state index in [1.165, 1.54) is 6.08 Å². The van der Waals surface area contributed by atoms with Crippen LogP contribution < -0.4 is 16.1 Å². The van der Waals surface area contributed by atoms with Gasteiger partial charge in [-0.2, -0.15) is 0 Å². The monoisotopic (exact) mass is 462 g/mol. The number of carboxylic acids is 1. The van der Waals surface area contributed by atoms with Crippen LogP contribution in [0.4, 0.5) is 0 Å². The first kappa shape index (κ1) is 23.2. The predicted molar refractivity (Wildman–Crippen MR) is 126 cm³/mol. The molecule has 0 saturated carbocycles. The third kappa shape index (κ3) is 5.33. The van der Waals surface area contributed by atoms with E-state index in [0.29, 0.717) is 6.42 Å². The van der Waals surface area contributed by atoms with Crippen molar-refractivity contribution in [1.29, 1.82) is 0 Å². The van der Waals surface area contributed by atoms with Crippen LogP contribution in [0.25, 0.3) is 17.0 Å². The summed E-state index contributed by atoms with van der Waals surface area (Å²) < 4.78 is 0. The Morgan fingerprint density at radius 3 is 2.79 bits per heavy atom. The van der Waals surface area contributed by atoms with Gasteiger partial charge in [-0.15, -0.1) is 0 Å². The number of hydrogen-bond donors (Lipinski definition) is 6. The van der Waals surface area contributed by atoms with Gasteiger partial charge in [0.25, 0.3) is 5.91 Å². The van der Waals surface area contributed by atoms with Crippen molar-refractivity contribution in [2.24, 2.45) is 0 Å². The first-order valence-electron chi connectivity index (χ1n) is 11.0. The second-order valence-corrected chi connectivity index (χ2v) is 8.25. The zero-order valence-corrected chi connectivity index (χ0v) is 18.4. The fourth-order valence-electron chi connectivity index (χ4n) is 4.40. The summed E-state index contributed by atoms with van der Waals surface area (Å²) in [6, 6.07) is 13.0. The van der Waals surface area contributed by atoms with E-state index in [1.54, 1.807) is 11.6 Å². The lowest BCUT2D eigenvalue weighted by molar-refractivity contribution is -0.138. The normalized spacial score (nSPS) is 15.9. The van der Waals surface area contributed by atoms with Crippen LogP contribution in [0.15, 0.2) is 54.7 Å². The summed E-state index contributed by atoms with van der Waals surface area (Å²) in [5.41, 5.74) is 6.52. The van der Waals surface area contributed by atoms with Crippen LogP contribution in [0.5, 0.6) is 0 Å². The summed E-state index contributed by atoms with van der Waals surface area (Å²) in [6.07, 6.45) is 6.74. The summed E-state index contributed by atoms with van der Waals surface area (Å²) in [5, 5.41) is 24.6. The molecule has 0 aliphatic heterocycles. The highest BCUT2D eigenvalue weighted by molar-refractivity contribution is 5.91. The van der Waals surface area contributed by atoms with E-state index < -0.39 is 24.5 Å². The van der Waals surface area contributed by atoms with Gasteiger partial charge in [-0.1, -0.05) is 36.4 Å².